The van der Waals surface area contributed by atoms with Gasteiger partial charge in [0.25, 0.3) is 0 Å². The van der Waals surface area contributed by atoms with Gasteiger partial charge < -0.3 is 15.8 Å². The summed E-state index contributed by atoms with van der Waals surface area (Å²) in [6.45, 7) is 1.46. The first-order valence-electron chi connectivity index (χ1n) is 4.71. The zero-order chi connectivity index (χ0) is 10.2. The average Bonchev–Trinajstić information content (AvgIpc) is 2.20. The summed E-state index contributed by atoms with van der Waals surface area (Å²) < 4.78 is 4.94. The number of anilines is 1. The van der Waals surface area contributed by atoms with Crippen LogP contribution in [0.4, 0.5) is 5.69 Å². The molecule has 0 amide bonds. The molecule has 4 heteroatoms. The third-order valence-corrected chi connectivity index (χ3v) is 1.91. The second kappa shape index (κ2) is 6.34. The topological polar surface area (TPSA) is 60.2 Å². The lowest BCUT2D eigenvalue weighted by Crippen LogP contribution is -2.28. The van der Waals surface area contributed by atoms with E-state index in [2.05, 4.69) is 10.3 Å². The summed E-state index contributed by atoms with van der Waals surface area (Å²) >= 11 is 0. The summed E-state index contributed by atoms with van der Waals surface area (Å²) in [5, 5.41) is 3.26. The van der Waals surface area contributed by atoms with Gasteiger partial charge in [-0.15, -0.1) is 0 Å². The Labute approximate surface area is 84.5 Å². The predicted molar refractivity (Wildman–Crippen MR) is 57.2 cm³/mol. The van der Waals surface area contributed by atoms with Crippen molar-refractivity contribution in [2.75, 3.05) is 25.6 Å². The molecule has 1 atom stereocenters. The number of hydrogen-bond acceptors (Lipinski definition) is 4. The molecular weight excluding hydrogens is 178 g/mol. The van der Waals surface area contributed by atoms with E-state index in [0.29, 0.717) is 6.61 Å². The summed E-state index contributed by atoms with van der Waals surface area (Å²) in [4.78, 5) is 3.93. The molecule has 0 saturated heterocycles. The fourth-order valence-corrected chi connectivity index (χ4v) is 1.17. The Hall–Kier alpha value is -1.13. The maximum Gasteiger partial charge on any atom is 0.0614 e. The van der Waals surface area contributed by atoms with Gasteiger partial charge in [-0.25, -0.2) is 0 Å². The Morgan fingerprint density at radius 2 is 2.21 bits per heavy atom. The van der Waals surface area contributed by atoms with Crippen LogP contribution in [0.3, 0.4) is 0 Å². The van der Waals surface area contributed by atoms with Crippen molar-refractivity contribution < 1.29 is 4.74 Å². The lowest BCUT2D eigenvalue weighted by Gasteiger charge is -2.11. The molecule has 1 aromatic heterocycles. The quantitative estimate of drug-likeness (QED) is 0.706. The van der Waals surface area contributed by atoms with Crippen LogP contribution in [0.15, 0.2) is 24.5 Å². The van der Waals surface area contributed by atoms with Crippen molar-refractivity contribution in [2.24, 2.45) is 5.73 Å². The van der Waals surface area contributed by atoms with E-state index in [0.717, 1.165) is 18.7 Å². The number of hydrogen-bond donors (Lipinski definition) is 2. The van der Waals surface area contributed by atoms with Crippen molar-refractivity contribution in [3.63, 3.8) is 0 Å². The predicted octanol–water partition coefficient (Wildman–Crippen LogP) is 0.857. The fraction of sp³-hybridized carbons (Fsp3) is 0.500. The molecular formula is C10H17N3O. The van der Waals surface area contributed by atoms with E-state index in [1.54, 1.807) is 19.5 Å². The first-order valence-corrected chi connectivity index (χ1v) is 4.71. The number of ether oxygens (including phenoxy) is 1. The molecule has 1 heterocycles. The van der Waals surface area contributed by atoms with Crippen LogP contribution in [0.25, 0.3) is 0 Å². The minimum absolute atomic E-state index is 0.106. The van der Waals surface area contributed by atoms with Crippen LogP contribution in [0.2, 0.25) is 0 Å². The fourth-order valence-electron chi connectivity index (χ4n) is 1.17. The van der Waals surface area contributed by atoms with Crippen LogP contribution >= 0.6 is 0 Å². The normalized spacial score (nSPS) is 12.4. The standard InChI is InChI=1S/C10H17N3O/c1-14-8-9(11)2-7-13-10-3-5-12-6-4-10/h3-6,9H,2,7-8,11H2,1H3,(H,12,13). The van der Waals surface area contributed by atoms with Crippen LogP contribution in [0, 0.1) is 0 Å². The largest absolute Gasteiger partial charge is 0.385 e. The summed E-state index contributed by atoms with van der Waals surface area (Å²) in [6, 6.07) is 3.97. The van der Waals surface area contributed by atoms with E-state index >= 15 is 0 Å². The zero-order valence-electron chi connectivity index (χ0n) is 8.44. The number of pyridine rings is 1. The highest BCUT2D eigenvalue weighted by atomic mass is 16.5. The summed E-state index contributed by atoms with van der Waals surface area (Å²) in [5.41, 5.74) is 6.84. The van der Waals surface area contributed by atoms with Gasteiger partial charge >= 0.3 is 0 Å². The van der Waals surface area contributed by atoms with E-state index in [1.807, 2.05) is 12.1 Å². The second-order valence-electron chi connectivity index (χ2n) is 3.17. The molecule has 0 aliphatic rings. The van der Waals surface area contributed by atoms with Gasteiger partial charge in [0.2, 0.25) is 0 Å². The molecule has 0 aromatic carbocycles. The van der Waals surface area contributed by atoms with Crippen molar-refractivity contribution in [3.8, 4) is 0 Å². The molecule has 3 N–H and O–H groups in total. The smallest absolute Gasteiger partial charge is 0.0614 e. The third kappa shape index (κ3) is 4.20. The summed E-state index contributed by atoms with van der Waals surface area (Å²) in [5.74, 6) is 0. The summed E-state index contributed by atoms with van der Waals surface area (Å²) in [6.07, 6.45) is 4.42. The van der Waals surface area contributed by atoms with Crippen molar-refractivity contribution in [1.82, 2.24) is 4.98 Å². The Morgan fingerprint density at radius 1 is 1.50 bits per heavy atom. The van der Waals surface area contributed by atoms with Crippen LogP contribution in [-0.4, -0.2) is 31.3 Å². The maximum atomic E-state index is 5.77. The van der Waals surface area contributed by atoms with Crippen molar-refractivity contribution >= 4 is 5.69 Å². The molecule has 0 fully saturated rings. The highest BCUT2D eigenvalue weighted by molar-refractivity contribution is 5.40. The van der Waals surface area contributed by atoms with E-state index < -0.39 is 0 Å². The van der Waals surface area contributed by atoms with Crippen LogP contribution in [0.1, 0.15) is 6.42 Å². The molecule has 1 aromatic rings. The van der Waals surface area contributed by atoms with Gasteiger partial charge in [0.05, 0.1) is 6.61 Å². The maximum absolute atomic E-state index is 5.77. The van der Waals surface area contributed by atoms with Gasteiger partial charge in [0.1, 0.15) is 0 Å². The summed E-state index contributed by atoms with van der Waals surface area (Å²) in [7, 11) is 1.66. The minimum Gasteiger partial charge on any atom is -0.385 e. The first-order chi connectivity index (χ1) is 6.83. The molecule has 1 rings (SSSR count). The number of nitrogens with zero attached hydrogens (tertiary/aromatic N) is 1. The van der Waals surface area contributed by atoms with Crippen molar-refractivity contribution in [3.05, 3.63) is 24.5 Å². The SMILES string of the molecule is COCC(N)CCNc1ccncc1. The molecule has 1 unspecified atom stereocenters. The van der Waals surface area contributed by atoms with E-state index in [4.69, 9.17) is 10.5 Å². The number of rotatable bonds is 6. The van der Waals surface area contributed by atoms with Gasteiger partial charge in [-0.05, 0) is 18.6 Å². The molecule has 14 heavy (non-hydrogen) atoms. The first kappa shape index (κ1) is 10.9. The van der Waals surface area contributed by atoms with Crippen LogP contribution in [0.5, 0.6) is 0 Å². The molecule has 0 aliphatic heterocycles. The molecule has 0 radical (unpaired) electrons. The number of nitrogens with two attached hydrogens (primary N) is 1. The molecule has 0 spiro atoms. The van der Waals surface area contributed by atoms with Gasteiger partial charge in [-0.1, -0.05) is 0 Å². The highest BCUT2D eigenvalue weighted by Crippen LogP contribution is 2.03. The van der Waals surface area contributed by atoms with Crippen LogP contribution in [-0.2, 0) is 4.74 Å². The lowest BCUT2D eigenvalue weighted by molar-refractivity contribution is 0.178. The number of aromatic nitrogens is 1. The third-order valence-electron chi connectivity index (χ3n) is 1.91. The van der Waals surface area contributed by atoms with E-state index in [9.17, 15) is 0 Å². The lowest BCUT2D eigenvalue weighted by atomic mass is 10.2. The monoisotopic (exact) mass is 195 g/mol. The highest BCUT2D eigenvalue weighted by Gasteiger charge is 2.00. The average molecular weight is 195 g/mol. The Balaban J connectivity index is 2.16. The van der Waals surface area contributed by atoms with Crippen molar-refractivity contribution in [2.45, 2.75) is 12.5 Å². The number of nitrogens with one attached hydrogen (secondary N) is 1. The molecule has 78 valence electrons. The minimum atomic E-state index is 0.106. The Kier molecular flexibility index (Phi) is 4.96. The van der Waals surface area contributed by atoms with E-state index in [1.165, 1.54) is 0 Å². The van der Waals surface area contributed by atoms with Gasteiger partial charge in [0.15, 0.2) is 0 Å². The van der Waals surface area contributed by atoms with Crippen molar-refractivity contribution in [1.29, 1.82) is 0 Å². The molecule has 0 bridgehead atoms. The molecule has 0 saturated carbocycles. The molecule has 0 aliphatic carbocycles. The van der Waals surface area contributed by atoms with Gasteiger partial charge in [-0.2, -0.15) is 0 Å². The van der Waals surface area contributed by atoms with Crippen LogP contribution < -0.4 is 11.1 Å². The van der Waals surface area contributed by atoms with Gasteiger partial charge in [0, 0.05) is 37.8 Å². The molecule has 4 nitrogen and oxygen atoms in total. The number of methoxy groups -OCH3 is 1. The van der Waals surface area contributed by atoms with E-state index in [-0.39, 0.29) is 6.04 Å². The Bertz CT molecular complexity index is 240. The van der Waals surface area contributed by atoms with Gasteiger partial charge in [-0.3, -0.25) is 4.98 Å². The Morgan fingerprint density at radius 3 is 2.86 bits per heavy atom. The second-order valence-corrected chi connectivity index (χ2v) is 3.17. The zero-order valence-corrected chi connectivity index (χ0v) is 8.44.